The van der Waals surface area contributed by atoms with Crippen molar-refractivity contribution in [1.82, 2.24) is 24.9 Å². The summed E-state index contributed by atoms with van der Waals surface area (Å²) in [5.41, 5.74) is 4.43. The van der Waals surface area contributed by atoms with Gasteiger partial charge in [0, 0.05) is 36.6 Å². The molecule has 0 saturated carbocycles. The number of anilines is 2. The van der Waals surface area contributed by atoms with Gasteiger partial charge < -0.3 is 24.9 Å². The van der Waals surface area contributed by atoms with Gasteiger partial charge in [-0.3, -0.25) is 4.79 Å². The Bertz CT molecular complexity index is 1620. The Morgan fingerprint density at radius 2 is 1.76 bits per heavy atom. The van der Waals surface area contributed by atoms with Gasteiger partial charge in [-0.15, -0.1) is 0 Å². The first kappa shape index (κ1) is 23.2. The third-order valence-electron chi connectivity index (χ3n) is 6.74. The number of aromatic nitrogens is 5. The molecule has 0 spiro atoms. The Morgan fingerprint density at radius 3 is 2.54 bits per heavy atom. The number of H-pyrrole nitrogens is 2. The van der Waals surface area contributed by atoms with Crippen LogP contribution < -0.4 is 15.8 Å². The van der Waals surface area contributed by atoms with E-state index >= 15 is 0 Å². The molecule has 0 amide bonds. The number of pyridine rings is 1. The minimum atomic E-state index is -0.230. The summed E-state index contributed by atoms with van der Waals surface area (Å²) in [6.45, 7) is 7.82. The maximum atomic E-state index is 13.4. The van der Waals surface area contributed by atoms with Gasteiger partial charge in [-0.05, 0) is 51.1 Å². The van der Waals surface area contributed by atoms with Gasteiger partial charge in [-0.2, -0.15) is 0 Å². The molecule has 1 aliphatic heterocycles. The van der Waals surface area contributed by atoms with Crippen molar-refractivity contribution < 1.29 is 4.74 Å². The monoisotopic (exact) mass is 495 g/mol. The number of para-hydroxylation sites is 1. The third-order valence-corrected chi connectivity index (χ3v) is 6.74. The van der Waals surface area contributed by atoms with Crippen LogP contribution in [0.5, 0.6) is 0 Å². The minimum Gasteiger partial charge on any atom is -0.374 e. The summed E-state index contributed by atoms with van der Waals surface area (Å²) in [4.78, 5) is 35.8. The summed E-state index contributed by atoms with van der Waals surface area (Å²) in [5.74, 6) is 1.15. The number of hydrogen-bond acceptors (Lipinski definition) is 7. The van der Waals surface area contributed by atoms with E-state index in [1.54, 1.807) is 18.5 Å². The van der Waals surface area contributed by atoms with Gasteiger partial charge in [0.05, 0.1) is 40.5 Å². The van der Waals surface area contributed by atoms with Crippen molar-refractivity contribution in [2.45, 2.75) is 39.0 Å². The van der Waals surface area contributed by atoms with Gasteiger partial charge in [0.25, 0.3) is 5.56 Å². The largest absolute Gasteiger partial charge is 0.374 e. The average molecular weight is 496 g/mol. The highest BCUT2D eigenvalue weighted by Gasteiger charge is 2.24. The van der Waals surface area contributed by atoms with E-state index in [1.807, 2.05) is 37.3 Å². The molecule has 1 saturated heterocycles. The molecule has 0 aliphatic carbocycles. The second-order valence-electron chi connectivity index (χ2n) is 9.67. The van der Waals surface area contributed by atoms with Crippen molar-refractivity contribution in [2.75, 3.05) is 23.3 Å². The number of rotatable bonds is 5. The molecule has 188 valence electrons. The van der Waals surface area contributed by atoms with Crippen LogP contribution in [-0.4, -0.2) is 50.2 Å². The molecule has 9 nitrogen and oxygen atoms in total. The molecule has 5 aromatic rings. The first-order chi connectivity index (χ1) is 18.0. The van der Waals surface area contributed by atoms with Crippen LogP contribution in [0.3, 0.4) is 0 Å². The summed E-state index contributed by atoms with van der Waals surface area (Å²) in [6, 6.07) is 15.5. The molecule has 3 atom stereocenters. The van der Waals surface area contributed by atoms with Crippen LogP contribution in [0.2, 0.25) is 0 Å². The molecule has 9 heteroatoms. The van der Waals surface area contributed by atoms with E-state index in [4.69, 9.17) is 9.72 Å². The molecule has 2 aromatic carbocycles. The predicted molar refractivity (Wildman–Crippen MR) is 146 cm³/mol. The number of imidazole rings is 1. The van der Waals surface area contributed by atoms with Crippen LogP contribution in [0.15, 0.2) is 65.7 Å². The molecule has 4 heterocycles. The standard InChI is InChI=1S/C28H29N7O2/c1-16-14-35(15-17(2)37-16)19-9-10-22-23(13-19)33-27(32-22)24-25(31-18(3)26-29-11-6-12-30-26)20-7-4-5-8-21(20)34-28(24)36/h4-13,16-18H,14-15H2,1-3H3,(H,32,33)(H2,31,34,36)/t16-,17-,18-/m1/s1. The Kier molecular flexibility index (Phi) is 5.84. The van der Waals surface area contributed by atoms with E-state index in [0.29, 0.717) is 22.9 Å². The van der Waals surface area contributed by atoms with Crippen LogP contribution in [0.25, 0.3) is 33.3 Å². The number of hydrogen-bond donors (Lipinski definition) is 3. The summed E-state index contributed by atoms with van der Waals surface area (Å²) in [6.07, 6.45) is 3.75. The highest BCUT2D eigenvalue weighted by atomic mass is 16.5. The molecule has 1 aliphatic rings. The Labute approximate surface area is 213 Å². The third kappa shape index (κ3) is 4.42. The number of nitrogens with one attached hydrogen (secondary N) is 3. The highest BCUT2D eigenvalue weighted by molar-refractivity contribution is 5.99. The van der Waals surface area contributed by atoms with E-state index in [1.165, 1.54) is 0 Å². The number of aromatic amines is 2. The van der Waals surface area contributed by atoms with E-state index in [9.17, 15) is 4.79 Å². The first-order valence-corrected chi connectivity index (χ1v) is 12.6. The molecule has 3 N–H and O–H groups in total. The van der Waals surface area contributed by atoms with Crippen molar-refractivity contribution in [1.29, 1.82) is 0 Å². The van der Waals surface area contributed by atoms with E-state index in [0.717, 1.165) is 40.7 Å². The average Bonchev–Trinajstić information content (AvgIpc) is 3.31. The van der Waals surface area contributed by atoms with Gasteiger partial charge in [0.2, 0.25) is 0 Å². The second-order valence-corrected chi connectivity index (χ2v) is 9.67. The number of nitrogens with zero attached hydrogens (tertiary/aromatic N) is 4. The smallest absolute Gasteiger partial charge is 0.261 e. The second kappa shape index (κ2) is 9.33. The topological polar surface area (TPSA) is 112 Å². The van der Waals surface area contributed by atoms with Crippen molar-refractivity contribution in [2.24, 2.45) is 0 Å². The van der Waals surface area contributed by atoms with Crippen molar-refractivity contribution in [3.63, 3.8) is 0 Å². The van der Waals surface area contributed by atoms with Gasteiger partial charge in [0.1, 0.15) is 17.2 Å². The molecular weight excluding hydrogens is 466 g/mol. The molecule has 1 fully saturated rings. The molecule has 0 unspecified atom stereocenters. The molecule has 0 radical (unpaired) electrons. The van der Waals surface area contributed by atoms with Gasteiger partial charge >= 0.3 is 0 Å². The van der Waals surface area contributed by atoms with Gasteiger partial charge in [-0.25, -0.2) is 15.0 Å². The molecule has 3 aromatic heterocycles. The minimum absolute atomic E-state index is 0.164. The summed E-state index contributed by atoms with van der Waals surface area (Å²) in [7, 11) is 0. The van der Waals surface area contributed by atoms with Crippen LogP contribution in [0, 0.1) is 0 Å². The van der Waals surface area contributed by atoms with Gasteiger partial charge in [0.15, 0.2) is 0 Å². The number of benzene rings is 2. The van der Waals surface area contributed by atoms with Crippen molar-refractivity contribution in [3.05, 3.63) is 77.1 Å². The van der Waals surface area contributed by atoms with E-state index in [2.05, 4.69) is 56.1 Å². The lowest BCUT2D eigenvalue weighted by Gasteiger charge is -2.36. The first-order valence-electron chi connectivity index (χ1n) is 12.6. The summed E-state index contributed by atoms with van der Waals surface area (Å²) < 4.78 is 5.90. The zero-order valence-corrected chi connectivity index (χ0v) is 21.0. The number of fused-ring (bicyclic) bond motifs is 2. The summed E-state index contributed by atoms with van der Waals surface area (Å²) >= 11 is 0. The van der Waals surface area contributed by atoms with Crippen LogP contribution in [0.4, 0.5) is 11.4 Å². The highest BCUT2D eigenvalue weighted by Crippen LogP contribution is 2.33. The Hall–Kier alpha value is -4.24. The fraction of sp³-hybridized carbons (Fsp3) is 0.286. The SMILES string of the molecule is C[C@@H]1CN(c2ccc3nc(-c4c(N[C@H](C)c5ncccn5)c5ccccc5[nH]c4=O)[nH]c3c2)C[C@@H](C)O1. The zero-order chi connectivity index (χ0) is 25.5. The van der Waals surface area contributed by atoms with Gasteiger partial charge in [-0.1, -0.05) is 18.2 Å². The molecule has 6 rings (SSSR count). The van der Waals surface area contributed by atoms with Crippen LogP contribution in [-0.2, 0) is 4.74 Å². The fourth-order valence-electron chi connectivity index (χ4n) is 5.14. The maximum absolute atomic E-state index is 13.4. The predicted octanol–water partition coefficient (Wildman–Crippen LogP) is 4.65. The number of morpholine rings is 1. The van der Waals surface area contributed by atoms with Crippen molar-refractivity contribution in [3.8, 4) is 11.4 Å². The lowest BCUT2D eigenvalue weighted by Crippen LogP contribution is -2.45. The quantitative estimate of drug-likeness (QED) is 0.325. The van der Waals surface area contributed by atoms with E-state index < -0.39 is 0 Å². The lowest BCUT2D eigenvalue weighted by molar-refractivity contribution is -0.00521. The Morgan fingerprint density at radius 1 is 1.00 bits per heavy atom. The lowest BCUT2D eigenvalue weighted by atomic mass is 10.1. The summed E-state index contributed by atoms with van der Waals surface area (Å²) in [5, 5.41) is 4.39. The van der Waals surface area contributed by atoms with E-state index in [-0.39, 0.29) is 23.8 Å². The maximum Gasteiger partial charge on any atom is 0.261 e. The van der Waals surface area contributed by atoms with Crippen LogP contribution in [0.1, 0.15) is 32.6 Å². The van der Waals surface area contributed by atoms with Crippen molar-refractivity contribution >= 4 is 33.3 Å². The molecule has 0 bridgehead atoms. The fourth-order valence-corrected chi connectivity index (χ4v) is 5.14. The molecular formula is C28H29N7O2. The Balaban J connectivity index is 1.45. The van der Waals surface area contributed by atoms with Crippen LogP contribution >= 0.6 is 0 Å². The molecule has 37 heavy (non-hydrogen) atoms. The number of ether oxygens (including phenoxy) is 1. The zero-order valence-electron chi connectivity index (χ0n) is 21.0. The normalized spacial score (nSPS) is 18.8.